The van der Waals surface area contributed by atoms with Crippen LogP contribution in [0.1, 0.15) is 10.4 Å². The fourth-order valence-electron chi connectivity index (χ4n) is 4.36. The summed E-state index contributed by atoms with van der Waals surface area (Å²) in [4.78, 5) is 6.12. The Hall–Kier alpha value is -4.18. The highest BCUT2D eigenvalue weighted by atomic mass is 32.1. The highest BCUT2D eigenvalue weighted by molar-refractivity contribution is 7.16. The molecule has 0 radical (unpaired) electrons. The number of anilines is 3. The highest BCUT2D eigenvalue weighted by Crippen LogP contribution is 2.38. The van der Waals surface area contributed by atoms with E-state index in [1.807, 2.05) is 17.4 Å². The minimum absolute atomic E-state index is 1.14. The van der Waals surface area contributed by atoms with Crippen molar-refractivity contribution in [2.75, 3.05) is 4.90 Å². The van der Waals surface area contributed by atoms with Crippen LogP contribution in [0, 0.1) is 0 Å². The number of thiophene rings is 2. The van der Waals surface area contributed by atoms with Gasteiger partial charge < -0.3 is 4.90 Å². The third kappa shape index (κ3) is 5.34. The number of rotatable bonds is 7. The van der Waals surface area contributed by atoms with Crippen LogP contribution in [0.15, 0.2) is 139 Å². The Morgan fingerprint density at radius 3 is 1.68 bits per heavy atom. The van der Waals surface area contributed by atoms with Gasteiger partial charge in [-0.2, -0.15) is 0 Å². The van der Waals surface area contributed by atoms with Gasteiger partial charge in [-0.05, 0) is 82.7 Å². The third-order valence-electron chi connectivity index (χ3n) is 6.22. The van der Waals surface area contributed by atoms with E-state index in [9.17, 15) is 0 Å². The van der Waals surface area contributed by atoms with Crippen LogP contribution in [0.5, 0.6) is 0 Å². The normalized spacial score (nSPS) is 11.1. The predicted octanol–water partition coefficient (Wildman–Crippen LogP) is 10.8. The Kier molecular flexibility index (Phi) is 6.80. The molecule has 0 aliphatic carbocycles. The SMILES string of the molecule is C(=C\c1ccc(-c2ccc(N(c3ccccc3)c3ccc(-c4cccs4)cc3)cc2)s1)/c1ccccc1. The summed E-state index contributed by atoms with van der Waals surface area (Å²) < 4.78 is 0. The topological polar surface area (TPSA) is 3.24 Å². The molecule has 6 aromatic rings. The molecule has 2 aromatic heterocycles. The van der Waals surface area contributed by atoms with Crippen molar-refractivity contribution in [2.24, 2.45) is 0 Å². The maximum atomic E-state index is 2.31. The van der Waals surface area contributed by atoms with Crippen LogP contribution in [0.25, 0.3) is 33.0 Å². The van der Waals surface area contributed by atoms with E-state index in [0.717, 1.165) is 17.1 Å². The molecule has 2 heterocycles. The Labute approximate surface area is 226 Å². The maximum Gasteiger partial charge on any atom is 0.0462 e. The Morgan fingerprint density at radius 1 is 0.459 bits per heavy atom. The summed E-state index contributed by atoms with van der Waals surface area (Å²) in [6.45, 7) is 0. The van der Waals surface area contributed by atoms with E-state index in [0.29, 0.717) is 0 Å². The molecule has 178 valence electrons. The molecule has 6 rings (SSSR count). The average molecular weight is 512 g/mol. The van der Waals surface area contributed by atoms with Crippen LogP contribution in [0.2, 0.25) is 0 Å². The molecule has 0 saturated heterocycles. The summed E-state index contributed by atoms with van der Waals surface area (Å²) in [6, 6.07) is 47.4. The summed E-state index contributed by atoms with van der Waals surface area (Å²) in [5, 5.41) is 2.12. The zero-order valence-electron chi connectivity index (χ0n) is 20.2. The minimum atomic E-state index is 1.14. The maximum absolute atomic E-state index is 2.31. The van der Waals surface area contributed by atoms with Gasteiger partial charge in [0.05, 0.1) is 0 Å². The standard InChI is InChI=1S/C34H25NS2/c1-3-8-26(9-4-1)13-22-32-23-24-34(37-32)28-16-20-31(21-17-28)35(29-10-5-2-6-11-29)30-18-14-27(15-19-30)33-12-7-25-36-33/h1-25H/b22-13+. The van der Waals surface area contributed by atoms with Crippen molar-refractivity contribution in [1.29, 1.82) is 0 Å². The summed E-state index contributed by atoms with van der Waals surface area (Å²) in [6.07, 6.45) is 4.36. The van der Waals surface area contributed by atoms with E-state index < -0.39 is 0 Å². The van der Waals surface area contributed by atoms with Gasteiger partial charge >= 0.3 is 0 Å². The second-order valence-electron chi connectivity index (χ2n) is 8.69. The fourth-order valence-corrected chi connectivity index (χ4v) is 6.01. The molecule has 37 heavy (non-hydrogen) atoms. The molecule has 1 nitrogen and oxygen atoms in total. The summed E-state index contributed by atoms with van der Waals surface area (Å²) >= 11 is 3.58. The van der Waals surface area contributed by atoms with Gasteiger partial charge in [0.1, 0.15) is 0 Å². The van der Waals surface area contributed by atoms with Crippen LogP contribution >= 0.6 is 22.7 Å². The van der Waals surface area contributed by atoms with E-state index in [1.165, 1.54) is 31.3 Å². The molecular formula is C34H25NS2. The number of hydrogen-bond acceptors (Lipinski definition) is 3. The molecule has 3 heteroatoms. The van der Waals surface area contributed by atoms with Crippen molar-refractivity contribution in [3.8, 4) is 20.9 Å². The number of benzene rings is 4. The molecule has 0 aliphatic heterocycles. The van der Waals surface area contributed by atoms with Crippen molar-refractivity contribution in [2.45, 2.75) is 0 Å². The molecule has 0 fully saturated rings. The van der Waals surface area contributed by atoms with Gasteiger partial charge in [-0.25, -0.2) is 0 Å². The zero-order valence-corrected chi connectivity index (χ0v) is 21.8. The number of nitrogens with zero attached hydrogens (tertiary/aromatic N) is 1. The molecule has 0 N–H and O–H groups in total. The third-order valence-corrected chi connectivity index (χ3v) is 8.24. The molecular weight excluding hydrogens is 487 g/mol. The van der Waals surface area contributed by atoms with Crippen LogP contribution < -0.4 is 4.90 Å². The van der Waals surface area contributed by atoms with Crippen molar-refractivity contribution in [3.05, 3.63) is 149 Å². The lowest BCUT2D eigenvalue weighted by Crippen LogP contribution is -2.09. The molecule has 4 aromatic carbocycles. The summed E-state index contributed by atoms with van der Waals surface area (Å²) in [5.74, 6) is 0. The van der Waals surface area contributed by atoms with Crippen LogP contribution in [0.3, 0.4) is 0 Å². The smallest absolute Gasteiger partial charge is 0.0462 e. The molecule has 0 atom stereocenters. The molecule has 0 unspecified atom stereocenters. The highest BCUT2D eigenvalue weighted by Gasteiger charge is 2.13. The van der Waals surface area contributed by atoms with Gasteiger partial charge in [0.15, 0.2) is 0 Å². The average Bonchev–Trinajstić information content (AvgIpc) is 3.67. The lowest BCUT2D eigenvalue weighted by Gasteiger charge is -2.25. The molecule has 0 aliphatic rings. The second-order valence-corrected chi connectivity index (χ2v) is 10.8. The van der Waals surface area contributed by atoms with Gasteiger partial charge in [0.25, 0.3) is 0 Å². The van der Waals surface area contributed by atoms with Crippen LogP contribution in [-0.4, -0.2) is 0 Å². The number of para-hydroxylation sites is 1. The molecule has 0 spiro atoms. The van der Waals surface area contributed by atoms with Gasteiger partial charge in [0, 0.05) is 31.7 Å². The van der Waals surface area contributed by atoms with E-state index in [-0.39, 0.29) is 0 Å². The lowest BCUT2D eigenvalue weighted by molar-refractivity contribution is 1.28. The zero-order chi connectivity index (χ0) is 24.9. The molecule has 0 amide bonds. The first-order chi connectivity index (χ1) is 18.3. The first-order valence-corrected chi connectivity index (χ1v) is 14.0. The van der Waals surface area contributed by atoms with Gasteiger partial charge in [0.2, 0.25) is 0 Å². The van der Waals surface area contributed by atoms with Crippen molar-refractivity contribution in [1.82, 2.24) is 0 Å². The number of hydrogen-bond donors (Lipinski definition) is 0. The van der Waals surface area contributed by atoms with E-state index >= 15 is 0 Å². The molecule has 0 saturated carbocycles. The van der Waals surface area contributed by atoms with Crippen LogP contribution in [0.4, 0.5) is 17.1 Å². The van der Waals surface area contributed by atoms with Crippen molar-refractivity contribution in [3.63, 3.8) is 0 Å². The second kappa shape index (κ2) is 10.8. The van der Waals surface area contributed by atoms with E-state index in [2.05, 4.69) is 150 Å². The molecule has 0 bridgehead atoms. The summed E-state index contributed by atoms with van der Waals surface area (Å²) in [7, 11) is 0. The Morgan fingerprint density at radius 2 is 1.05 bits per heavy atom. The lowest BCUT2D eigenvalue weighted by atomic mass is 10.1. The van der Waals surface area contributed by atoms with E-state index in [1.54, 1.807) is 11.3 Å². The van der Waals surface area contributed by atoms with Crippen LogP contribution in [-0.2, 0) is 0 Å². The monoisotopic (exact) mass is 511 g/mol. The Balaban J connectivity index is 1.27. The first-order valence-electron chi connectivity index (χ1n) is 12.3. The predicted molar refractivity (Wildman–Crippen MR) is 163 cm³/mol. The largest absolute Gasteiger partial charge is 0.311 e. The first kappa shape index (κ1) is 23.2. The minimum Gasteiger partial charge on any atom is -0.311 e. The van der Waals surface area contributed by atoms with Crippen molar-refractivity contribution < 1.29 is 0 Å². The van der Waals surface area contributed by atoms with Gasteiger partial charge in [-0.15, -0.1) is 22.7 Å². The quantitative estimate of drug-likeness (QED) is 0.206. The Bertz CT molecular complexity index is 1580. The van der Waals surface area contributed by atoms with Gasteiger partial charge in [-0.1, -0.05) is 84.9 Å². The van der Waals surface area contributed by atoms with Gasteiger partial charge in [-0.3, -0.25) is 0 Å². The summed E-state index contributed by atoms with van der Waals surface area (Å²) in [5.41, 5.74) is 7.11. The fraction of sp³-hybridized carbons (Fsp3) is 0. The van der Waals surface area contributed by atoms with Crippen molar-refractivity contribution >= 4 is 51.9 Å². The van der Waals surface area contributed by atoms with E-state index in [4.69, 9.17) is 0 Å².